The first kappa shape index (κ1) is 12.4. The van der Waals surface area contributed by atoms with E-state index < -0.39 is 23.1 Å². The van der Waals surface area contributed by atoms with Gasteiger partial charge in [-0.3, -0.25) is 0 Å². The molecule has 0 aliphatic carbocycles. The van der Waals surface area contributed by atoms with E-state index in [0.29, 0.717) is 5.39 Å². The Labute approximate surface area is 106 Å². The topological polar surface area (TPSA) is 93.8 Å². The molecule has 0 radical (unpaired) electrons. The van der Waals surface area contributed by atoms with Gasteiger partial charge in [-0.25, -0.2) is 14.4 Å². The highest BCUT2D eigenvalue weighted by molar-refractivity contribution is 5.92. The number of carboxylic acids is 1. The number of ether oxygens (including phenoxy) is 1. The van der Waals surface area contributed by atoms with Gasteiger partial charge in [0.2, 0.25) is 0 Å². The Morgan fingerprint density at radius 1 is 1.32 bits per heavy atom. The molecule has 1 heterocycles. The zero-order valence-corrected chi connectivity index (χ0v) is 9.38. The number of carbonyl (C=O) groups is 2. The summed E-state index contributed by atoms with van der Waals surface area (Å²) in [5, 5.41) is 9.17. The van der Waals surface area contributed by atoms with Gasteiger partial charge in [-0.15, -0.1) is 6.42 Å². The van der Waals surface area contributed by atoms with Gasteiger partial charge >= 0.3 is 17.6 Å². The summed E-state index contributed by atoms with van der Waals surface area (Å²) in [4.78, 5) is 33.0. The van der Waals surface area contributed by atoms with Crippen LogP contribution in [0.2, 0.25) is 0 Å². The molecule has 1 aromatic carbocycles. The Hall–Kier alpha value is -3.07. The van der Waals surface area contributed by atoms with Gasteiger partial charge < -0.3 is 14.3 Å². The lowest BCUT2D eigenvalue weighted by Gasteiger charge is -2.02. The van der Waals surface area contributed by atoms with Crippen LogP contribution >= 0.6 is 0 Å². The molecule has 0 atom stereocenters. The molecule has 0 fully saturated rings. The number of rotatable bonds is 2. The number of fused-ring (bicyclic) bond motifs is 1. The molecule has 2 rings (SSSR count). The second kappa shape index (κ2) is 4.66. The average Bonchev–Trinajstić information content (AvgIpc) is 2.37. The molecule has 2 aromatic rings. The predicted molar refractivity (Wildman–Crippen MR) is 63.9 cm³/mol. The van der Waals surface area contributed by atoms with Crippen LogP contribution in [0.1, 0.15) is 10.4 Å². The van der Waals surface area contributed by atoms with Gasteiger partial charge in [-0.05, 0) is 18.2 Å². The maximum atomic E-state index is 11.4. The standard InChI is InChI=1S/C13H6O6/c1-2-11(14)18-8-4-3-7-5-9(12(15)16)13(17)19-10(7)6-8/h1,3-6H,(H,15,16). The summed E-state index contributed by atoms with van der Waals surface area (Å²) in [6.45, 7) is 0. The Kier molecular flexibility index (Phi) is 3.04. The van der Waals surface area contributed by atoms with Gasteiger partial charge in [-0.2, -0.15) is 0 Å². The molecule has 0 saturated carbocycles. The number of carboxylic acid groups (broad SMARTS) is 1. The predicted octanol–water partition coefficient (Wildman–Crippen LogP) is 1.03. The number of esters is 1. The Morgan fingerprint density at radius 2 is 2.05 bits per heavy atom. The average molecular weight is 258 g/mol. The van der Waals surface area contributed by atoms with Crippen molar-refractivity contribution in [1.82, 2.24) is 0 Å². The zero-order valence-electron chi connectivity index (χ0n) is 9.38. The molecule has 1 N–H and O–H groups in total. The Bertz CT molecular complexity index is 778. The van der Waals surface area contributed by atoms with Crippen LogP contribution in [0.15, 0.2) is 33.5 Å². The van der Waals surface area contributed by atoms with Gasteiger partial charge in [0.15, 0.2) is 0 Å². The van der Waals surface area contributed by atoms with Crippen molar-refractivity contribution in [3.8, 4) is 18.1 Å². The van der Waals surface area contributed by atoms with E-state index in [0.717, 1.165) is 0 Å². The van der Waals surface area contributed by atoms with Gasteiger partial charge in [0.1, 0.15) is 16.9 Å². The van der Waals surface area contributed by atoms with E-state index in [1.807, 2.05) is 0 Å². The summed E-state index contributed by atoms with van der Waals surface area (Å²) in [5.74, 6) is -0.397. The molecule has 6 nitrogen and oxygen atoms in total. The minimum absolute atomic E-state index is 0.0947. The minimum Gasteiger partial charge on any atom is -0.477 e. The third-order valence-electron chi connectivity index (χ3n) is 2.27. The van der Waals surface area contributed by atoms with Crippen LogP contribution in [0.4, 0.5) is 0 Å². The van der Waals surface area contributed by atoms with E-state index in [-0.39, 0.29) is 11.3 Å². The van der Waals surface area contributed by atoms with E-state index in [4.69, 9.17) is 20.7 Å². The smallest absolute Gasteiger partial charge is 0.389 e. The summed E-state index contributed by atoms with van der Waals surface area (Å²) < 4.78 is 9.57. The SMILES string of the molecule is C#CC(=O)Oc1ccc2cc(C(=O)O)c(=O)oc2c1. The van der Waals surface area contributed by atoms with Crippen molar-refractivity contribution in [3.63, 3.8) is 0 Å². The highest BCUT2D eigenvalue weighted by Gasteiger charge is 2.12. The number of benzene rings is 1. The van der Waals surface area contributed by atoms with Crippen molar-refractivity contribution < 1.29 is 23.8 Å². The fourth-order valence-corrected chi connectivity index (χ4v) is 1.44. The van der Waals surface area contributed by atoms with E-state index in [2.05, 4.69) is 0 Å². The largest absolute Gasteiger partial charge is 0.477 e. The van der Waals surface area contributed by atoms with Crippen LogP contribution in [0.25, 0.3) is 11.0 Å². The summed E-state index contributed by atoms with van der Waals surface area (Å²) in [6, 6.07) is 5.31. The first-order valence-corrected chi connectivity index (χ1v) is 5.01. The van der Waals surface area contributed by atoms with Gasteiger partial charge in [0, 0.05) is 17.4 Å². The number of terminal acetylenes is 1. The lowest BCUT2D eigenvalue weighted by molar-refractivity contribution is -0.128. The number of hydrogen-bond donors (Lipinski definition) is 1. The molecule has 6 heteroatoms. The van der Waals surface area contributed by atoms with Crippen molar-refractivity contribution in [2.45, 2.75) is 0 Å². The lowest BCUT2D eigenvalue weighted by Crippen LogP contribution is -2.12. The number of aromatic carboxylic acids is 1. The molecule has 0 unspecified atom stereocenters. The highest BCUT2D eigenvalue weighted by atomic mass is 16.5. The molecular formula is C13H6O6. The van der Waals surface area contributed by atoms with E-state index in [9.17, 15) is 14.4 Å². The quantitative estimate of drug-likeness (QED) is 0.284. The second-order valence-electron chi connectivity index (χ2n) is 3.49. The van der Waals surface area contributed by atoms with Gasteiger partial charge in [0.25, 0.3) is 0 Å². The van der Waals surface area contributed by atoms with Crippen LogP contribution in [0, 0.1) is 12.3 Å². The Morgan fingerprint density at radius 3 is 2.68 bits per heavy atom. The third-order valence-corrected chi connectivity index (χ3v) is 2.27. The van der Waals surface area contributed by atoms with Gasteiger partial charge in [0.05, 0.1) is 0 Å². The maximum Gasteiger partial charge on any atom is 0.389 e. The first-order valence-electron chi connectivity index (χ1n) is 5.01. The molecule has 94 valence electrons. The normalized spacial score (nSPS) is 9.84. The molecule has 0 bridgehead atoms. The van der Waals surface area contributed by atoms with E-state index in [1.54, 1.807) is 5.92 Å². The first-order chi connectivity index (χ1) is 9.01. The van der Waals surface area contributed by atoms with Crippen molar-refractivity contribution in [1.29, 1.82) is 0 Å². The summed E-state index contributed by atoms with van der Waals surface area (Å²) in [6.07, 6.45) is 4.85. The summed E-state index contributed by atoms with van der Waals surface area (Å²) in [7, 11) is 0. The number of hydrogen-bond acceptors (Lipinski definition) is 5. The molecule has 0 aliphatic rings. The van der Waals surface area contributed by atoms with E-state index >= 15 is 0 Å². The third kappa shape index (κ3) is 2.45. The Balaban J connectivity index is 2.54. The van der Waals surface area contributed by atoms with Crippen LogP contribution in [0.5, 0.6) is 5.75 Å². The summed E-state index contributed by atoms with van der Waals surface area (Å²) in [5.41, 5.74) is -1.36. The van der Waals surface area contributed by atoms with Crippen LogP contribution in [-0.2, 0) is 4.79 Å². The number of carbonyl (C=O) groups excluding carboxylic acids is 1. The highest BCUT2D eigenvalue weighted by Crippen LogP contribution is 2.20. The maximum absolute atomic E-state index is 11.4. The minimum atomic E-state index is -1.38. The molecule has 0 aliphatic heterocycles. The van der Waals surface area contributed by atoms with Crippen molar-refractivity contribution >= 4 is 22.9 Å². The molecular weight excluding hydrogens is 252 g/mol. The molecule has 19 heavy (non-hydrogen) atoms. The molecule has 1 aromatic heterocycles. The van der Waals surface area contributed by atoms with Gasteiger partial charge in [-0.1, -0.05) is 0 Å². The second-order valence-corrected chi connectivity index (χ2v) is 3.49. The molecule has 0 spiro atoms. The zero-order chi connectivity index (χ0) is 14.0. The monoisotopic (exact) mass is 258 g/mol. The van der Waals surface area contributed by atoms with Crippen molar-refractivity contribution in [2.24, 2.45) is 0 Å². The fourth-order valence-electron chi connectivity index (χ4n) is 1.44. The molecule has 0 saturated heterocycles. The van der Waals surface area contributed by atoms with Crippen molar-refractivity contribution in [3.05, 3.63) is 40.2 Å². The van der Waals surface area contributed by atoms with Crippen LogP contribution in [-0.4, -0.2) is 17.0 Å². The lowest BCUT2D eigenvalue weighted by atomic mass is 10.2. The summed E-state index contributed by atoms with van der Waals surface area (Å²) >= 11 is 0. The van der Waals surface area contributed by atoms with Crippen molar-refractivity contribution in [2.75, 3.05) is 0 Å². The van der Waals surface area contributed by atoms with Crippen LogP contribution in [0.3, 0.4) is 0 Å². The van der Waals surface area contributed by atoms with Crippen LogP contribution < -0.4 is 10.4 Å². The fraction of sp³-hybridized carbons (Fsp3) is 0. The van der Waals surface area contributed by atoms with E-state index in [1.165, 1.54) is 24.3 Å². The molecule has 0 amide bonds.